The number of aromatic amines is 1. The predicted octanol–water partition coefficient (Wildman–Crippen LogP) is 14.1. The monoisotopic (exact) mass is 635 g/mol. The highest BCUT2D eigenvalue weighted by atomic mass is 32.1. The van der Waals surface area contributed by atoms with Gasteiger partial charge in [0.1, 0.15) is 0 Å². The third-order valence-corrected chi connectivity index (χ3v) is 10.2. The highest BCUT2D eigenvalue weighted by molar-refractivity contribution is 7.26. The van der Waals surface area contributed by atoms with E-state index in [1.165, 1.54) is 69.2 Å². The Morgan fingerprint density at radius 1 is 0.542 bits per heavy atom. The Morgan fingerprint density at radius 2 is 1.15 bits per heavy atom. The summed E-state index contributed by atoms with van der Waals surface area (Å²) in [6, 6.07) is 45.5. The largest absolute Gasteiger partial charge is 0.354 e. The van der Waals surface area contributed by atoms with Gasteiger partial charge in [0.15, 0.2) is 0 Å². The maximum Gasteiger partial charge on any atom is 0.0551 e. The van der Waals surface area contributed by atoms with Gasteiger partial charge in [0, 0.05) is 53.2 Å². The lowest BCUT2D eigenvalue weighted by atomic mass is 9.92. The molecule has 7 aromatic carbocycles. The fourth-order valence-corrected chi connectivity index (χ4v) is 8.25. The molecule has 9 aromatic rings. The molecule has 0 bridgehead atoms. The standard InChI is InChI=1S/C36H23NS.C7H8.C3H6/c1-3-22-23(4-2)36-33(32-28-16-9-10-19-31(28)37-34(22)32)29-18-11-17-27(35(29)38-36)30-20-21-12-5-6-13-24(21)25-14-7-8-15-26(25)30;1-7-5-3-2-4-6-7;1-3-2/h3-20,37H,1-2H2;2-6H,1H3;3H,1H2,2H3. The Balaban J connectivity index is 0.000000318. The number of allylic oxidation sites excluding steroid dienone is 1. The van der Waals surface area contributed by atoms with Crippen molar-refractivity contribution in [2.45, 2.75) is 13.8 Å². The summed E-state index contributed by atoms with van der Waals surface area (Å²) >= 11 is 1.87. The molecule has 0 aliphatic heterocycles. The fraction of sp³-hybridized carbons (Fsp3) is 0.0435. The second-order valence-corrected chi connectivity index (χ2v) is 12.9. The zero-order chi connectivity index (χ0) is 33.2. The highest BCUT2D eigenvalue weighted by Crippen LogP contribution is 2.49. The molecule has 0 saturated carbocycles. The summed E-state index contributed by atoms with van der Waals surface area (Å²) < 4.78 is 2.57. The van der Waals surface area contributed by atoms with Crippen LogP contribution in [0.2, 0.25) is 0 Å². The lowest BCUT2D eigenvalue weighted by Gasteiger charge is -2.12. The Labute approximate surface area is 285 Å². The Bertz CT molecular complexity index is 2630. The van der Waals surface area contributed by atoms with Crippen molar-refractivity contribution in [3.63, 3.8) is 0 Å². The number of hydrogen-bond donors (Lipinski definition) is 1. The van der Waals surface area contributed by atoms with Crippen LogP contribution in [0.15, 0.2) is 153 Å². The van der Waals surface area contributed by atoms with Crippen LogP contribution in [0.3, 0.4) is 0 Å². The minimum absolute atomic E-state index is 1.11. The van der Waals surface area contributed by atoms with Gasteiger partial charge in [0.05, 0.1) is 5.52 Å². The topological polar surface area (TPSA) is 15.8 Å². The van der Waals surface area contributed by atoms with Crippen LogP contribution in [0.5, 0.6) is 0 Å². The Hall–Kier alpha value is -5.70. The van der Waals surface area contributed by atoms with Crippen molar-refractivity contribution in [3.8, 4) is 11.1 Å². The van der Waals surface area contributed by atoms with Gasteiger partial charge in [-0.3, -0.25) is 0 Å². The SMILES string of the molecule is C=CC.C=Cc1c(C=C)c2sc3c(-c4cc5ccccc5c5ccccc45)cccc3c2c2c1[nH]c1ccccc12.Cc1ccccc1. The van der Waals surface area contributed by atoms with E-state index in [9.17, 15) is 0 Å². The van der Waals surface area contributed by atoms with Crippen LogP contribution in [-0.2, 0) is 0 Å². The van der Waals surface area contributed by atoms with Crippen LogP contribution >= 0.6 is 11.3 Å². The molecular weight excluding hydrogens is 599 g/mol. The second-order valence-electron chi connectivity index (χ2n) is 11.9. The van der Waals surface area contributed by atoms with E-state index in [0.29, 0.717) is 0 Å². The molecule has 1 nitrogen and oxygen atoms in total. The first-order chi connectivity index (χ1) is 23.6. The molecule has 9 rings (SSSR count). The van der Waals surface area contributed by atoms with Gasteiger partial charge in [0.2, 0.25) is 0 Å². The first-order valence-electron chi connectivity index (χ1n) is 16.3. The van der Waals surface area contributed by atoms with Gasteiger partial charge in [-0.05, 0) is 53.1 Å². The molecule has 1 N–H and O–H groups in total. The number of H-pyrrole nitrogens is 1. The summed E-state index contributed by atoms with van der Waals surface area (Å²) in [5.74, 6) is 0. The molecule has 2 heterocycles. The van der Waals surface area contributed by atoms with Crippen molar-refractivity contribution < 1.29 is 0 Å². The first-order valence-corrected chi connectivity index (χ1v) is 17.1. The lowest BCUT2D eigenvalue weighted by molar-refractivity contribution is 1.48. The maximum absolute atomic E-state index is 4.22. The third kappa shape index (κ3) is 5.21. The van der Waals surface area contributed by atoms with Gasteiger partial charge in [0.25, 0.3) is 0 Å². The van der Waals surface area contributed by atoms with Crippen LogP contribution in [0.25, 0.3) is 86.8 Å². The van der Waals surface area contributed by atoms with Gasteiger partial charge >= 0.3 is 0 Å². The van der Waals surface area contributed by atoms with E-state index in [-0.39, 0.29) is 0 Å². The average Bonchev–Trinajstić information content (AvgIpc) is 3.70. The Morgan fingerprint density at radius 3 is 1.83 bits per heavy atom. The Kier molecular flexibility index (Phi) is 8.50. The molecule has 0 unspecified atom stereocenters. The summed E-state index contributed by atoms with van der Waals surface area (Å²) in [5.41, 5.74) is 8.40. The van der Waals surface area contributed by atoms with Crippen molar-refractivity contribution in [2.75, 3.05) is 0 Å². The van der Waals surface area contributed by atoms with Crippen LogP contribution in [-0.4, -0.2) is 4.98 Å². The molecule has 0 saturated heterocycles. The summed E-state index contributed by atoms with van der Waals surface area (Å²) in [7, 11) is 0. The van der Waals surface area contributed by atoms with Crippen molar-refractivity contribution in [2.24, 2.45) is 0 Å². The van der Waals surface area contributed by atoms with Gasteiger partial charge < -0.3 is 4.98 Å². The summed E-state index contributed by atoms with van der Waals surface area (Å²) in [6.07, 6.45) is 5.71. The van der Waals surface area contributed by atoms with Gasteiger partial charge in [-0.15, -0.1) is 17.9 Å². The second kappa shape index (κ2) is 13.2. The smallest absolute Gasteiger partial charge is 0.0551 e. The predicted molar refractivity (Wildman–Crippen MR) is 216 cm³/mol. The van der Waals surface area contributed by atoms with E-state index >= 15 is 0 Å². The van der Waals surface area contributed by atoms with Crippen LogP contribution in [0.4, 0.5) is 0 Å². The fourth-order valence-electron chi connectivity index (χ4n) is 6.86. The normalized spacial score (nSPS) is 11.0. The van der Waals surface area contributed by atoms with Gasteiger partial charge in [-0.25, -0.2) is 0 Å². The minimum Gasteiger partial charge on any atom is -0.354 e. The van der Waals surface area contributed by atoms with Crippen LogP contribution in [0, 0.1) is 6.92 Å². The zero-order valence-corrected chi connectivity index (χ0v) is 28.2. The van der Waals surface area contributed by atoms with Crippen LogP contribution < -0.4 is 0 Å². The van der Waals surface area contributed by atoms with Crippen molar-refractivity contribution in [1.82, 2.24) is 4.98 Å². The molecule has 0 fully saturated rings. The van der Waals surface area contributed by atoms with E-state index in [1.54, 1.807) is 6.08 Å². The van der Waals surface area contributed by atoms with E-state index in [0.717, 1.165) is 22.2 Å². The number of rotatable bonds is 3. The van der Waals surface area contributed by atoms with E-state index < -0.39 is 0 Å². The number of benzene rings is 7. The number of aromatic nitrogens is 1. The summed E-state index contributed by atoms with van der Waals surface area (Å²) in [5, 5.41) is 10.2. The number of hydrogen-bond acceptors (Lipinski definition) is 1. The number of thiophene rings is 1. The quantitative estimate of drug-likeness (QED) is 0.147. The molecule has 2 aromatic heterocycles. The molecular formula is C46H37NS. The van der Waals surface area contributed by atoms with E-state index in [1.807, 2.05) is 48.6 Å². The molecule has 48 heavy (non-hydrogen) atoms. The van der Waals surface area contributed by atoms with E-state index in [2.05, 4.69) is 141 Å². The molecule has 0 amide bonds. The van der Waals surface area contributed by atoms with Crippen molar-refractivity contribution in [3.05, 3.63) is 170 Å². The molecule has 0 atom stereocenters. The van der Waals surface area contributed by atoms with E-state index in [4.69, 9.17) is 0 Å². The average molecular weight is 636 g/mol. The number of nitrogens with one attached hydrogen (secondary N) is 1. The summed E-state index contributed by atoms with van der Waals surface area (Å²) in [6.45, 7) is 15.7. The molecule has 2 heteroatoms. The number of fused-ring (bicyclic) bond motifs is 10. The number of para-hydroxylation sites is 1. The minimum atomic E-state index is 1.11. The highest BCUT2D eigenvalue weighted by Gasteiger charge is 2.21. The molecule has 0 aliphatic carbocycles. The van der Waals surface area contributed by atoms with Crippen LogP contribution in [0.1, 0.15) is 23.6 Å². The molecule has 0 aliphatic rings. The summed E-state index contributed by atoms with van der Waals surface area (Å²) in [4.78, 5) is 3.70. The van der Waals surface area contributed by atoms with Crippen molar-refractivity contribution >= 4 is 87.0 Å². The zero-order valence-electron chi connectivity index (χ0n) is 27.4. The first kappa shape index (κ1) is 30.9. The molecule has 0 spiro atoms. The lowest BCUT2D eigenvalue weighted by Crippen LogP contribution is -1.85. The van der Waals surface area contributed by atoms with Gasteiger partial charge in [-0.1, -0.05) is 152 Å². The number of aryl methyl sites for hydroxylation is 1. The molecule has 232 valence electrons. The molecule has 0 radical (unpaired) electrons. The van der Waals surface area contributed by atoms with Crippen molar-refractivity contribution in [1.29, 1.82) is 0 Å². The maximum atomic E-state index is 4.22. The van der Waals surface area contributed by atoms with Gasteiger partial charge in [-0.2, -0.15) is 0 Å². The third-order valence-electron chi connectivity index (χ3n) is 8.88.